The van der Waals surface area contributed by atoms with E-state index in [9.17, 15) is 4.79 Å². The van der Waals surface area contributed by atoms with Crippen LogP contribution < -0.4 is 19.5 Å². The Kier molecular flexibility index (Phi) is 5.89. The molecule has 30 heavy (non-hydrogen) atoms. The summed E-state index contributed by atoms with van der Waals surface area (Å²) in [5, 5.41) is 3.22. The fraction of sp³-hybridized carbons (Fsp3) is 0.240. The van der Waals surface area contributed by atoms with Gasteiger partial charge < -0.3 is 19.5 Å². The standard InChI is InChI=1S/C25H25NO4/c1-28-21-12-6-10-18(15-21)23(17-8-4-3-5-9-17)26-25(27)20-14-19-11-7-13-22(29-2)24(19)30-16-20/h3-13,15,20,23H,14,16H2,1-2H3,(H,26,27)/t20-,23+/m1/s1. The second-order valence-electron chi connectivity index (χ2n) is 7.29. The van der Waals surface area contributed by atoms with Gasteiger partial charge in [-0.1, -0.05) is 54.6 Å². The number of carbonyl (C=O) groups excluding carboxylic acids is 1. The lowest BCUT2D eigenvalue weighted by atomic mass is 9.93. The monoisotopic (exact) mass is 403 g/mol. The summed E-state index contributed by atoms with van der Waals surface area (Å²) in [5.41, 5.74) is 2.96. The van der Waals surface area contributed by atoms with Crippen molar-refractivity contribution < 1.29 is 19.0 Å². The summed E-state index contributed by atoms with van der Waals surface area (Å²) >= 11 is 0. The molecule has 2 atom stereocenters. The number of methoxy groups -OCH3 is 2. The number of rotatable bonds is 6. The molecule has 0 bridgehead atoms. The zero-order valence-electron chi connectivity index (χ0n) is 17.1. The van der Waals surface area contributed by atoms with Gasteiger partial charge in [0.25, 0.3) is 0 Å². The van der Waals surface area contributed by atoms with Gasteiger partial charge in [0.2, 0.25) is 5.91 Å². The summed E-state index contributed by atoms with van der Waals surface area (Å²) in [6.07, 6.45) is 0.609. The van der Waals surface area contributed by atoms with E-state index in [0.717, 1.165) is 28.2 Å². The maximum Gasteiger partial charge on any atom is 0.227 e. The summed E-state index contributed by atoms with van der Waals surface area (Å²) in [7, 11) is 3.26. The summed E-state index contributed by atoms with van der Waals surface area (Å²) < 4.78 is 16.7. The lowest BCUT2D eigenvalue weighted by Crippen LogP contribution is -2.39. The molecule has 0 fully saturated rings. The van der Waals surface area contributed by atoms with Crippen molar-refractivity contribution >= 4 is 5.91 Å². The normalized spacial score (nSPS) is 16.0. The second kappa shape index (κ2) is 8.91. The molecule has 0 spiro atoms. The van der Waals surface area contributed by atoms with Crippen molar-refractivity contribution in [2.75, 3.05) is 20.8 Å². The average Bonchev–Trinajstić information content (AvgIpc) is 2.82. The Morgan fingerprint density at radius 2 is 1.73 bits per heavy atom. The van der Waals surface area contributed by atoms with Crippen LogP contribution in [0.5, 0.6) is 17.2 Å². The lowest BCUT2D eigenvalue weighted by molar-refractivity contribution is -0.126. The number of carbonyl (C=O) groups is 1. The van der Waals surface area contributed by atoms with Crippen molar-refractivity contribution in [1.82, 2.24) is 5.32 Å². The van der Waals surface area contributed by atoms with Gasteiger partial charge >= 0.3 is 0 Å². The van der Waals surface area contributed by atoms with E-state index >= 15 is 0 Å². The van der Waals surface area contributed by atoms with Gasteiger partial charge in [-0.05, 0) is 41.3 Å². The molecule has 0 radical (unpaired) electrons. The predicted molar refractivity (Wildman–Crippen MR) is 115 cm³/mol. The molecule has 3 aromatic rings. The molecule has 3 aromatic carbocycles. The molecular weight excluding hydrogens is 378 g/mol. The Labute approximate surface area is 176 Å². The van der Waals surface area contributed by atoms with Crippen molar-refractivity contribution in [3.05, 3.63) is 89.5 Å². The maximum atomic E-state index is 13.2. The molecule has 0 saturated heterocycles. The molecule has 0 saturated carbocycles. The molecule has 1 aliphatic heterocycles. The Morgan fingerprint density at radius 3 is 2.50 bits per heavy atom. The highest BCUT2D eigenvalue weighted by Crippen LogP contribution is 2.36. The average molecular weight is 403 g/mol. The third kappa shape index (κ3) is 4.10. The molecule has 5 heteroatoms. The van der Waals surface area contributed by atoms with E-state index in [0.29, 0.717) is 18.8 Å². The molecule has 0 aromatic heterocycles. The van der Waals surface area contributed by atoms with E-state index in [-0.39, 0.29) is 17.9 Å². The van der Waals surface area contributed by atoms with Gasteiger partial charge in [0, 0.05) is 0 Å². The number of nitrogens with one attached hydrogen (secondary N) is 1. The number of ether oxygens (including phenoxy) is 3. The van der Waals surface area contributed by atoms with Gasteiger partial charge in [0.05, 0.1) is 26.2 Å². The third-order valence-corrected chi connectivity index (χ3v) is 5.39. The van der Waals surface area contributed by atoms with Gasteiger partial charge in [-0.3, -0.25) is 4.79 Å². The van der Waals surface area contributed by atoms with E-state index in [1.807, 2.05) is 72.8 Å². The highest BCUT2D eigenvalue weighted by Gasteiger charge is 2.29. The first-order valence-corrected chi connectivity index (χ1v) is 9.97. The van der Waals surface area contributed by atoms with Crippen LogP contribution in [0, 0.1) is 5.92 Å². The highest BCUT2D eigenvalue weighted by atomic mass is 16.5. The SMILES string of the molecule is COc1cccc([C@@H](NC(=O)[C@H]2COc3c(cccc3OC)C2)c2ccccc2)c1. The third-order valence-electron chi connectivity index (χ3n) is 5.39. The van der Waals surface area contributed by atoms with Crippen LogP contribution in [-0.4, -0.2) is 26.7 Å². The zero-order valence-corrected chi connectivity index (χ0v) is 17.1. The van der Waals surface area contributed by atoms with Crippen molar-refractivity contribution in [2.24, 2.45) is 5.92 Å². The van der Waals surface area contributed by atoms with Crippen molar-refractivity contribution in [1.29, 1.82) is 0 Å². The second-order valence-corrected chi connectivity index (χ2v) is 7.29. The number of amides is 1. The number of hydrogen-bond donors (Lipinski definition) is 1. The number of fused-ring (bicyclic) bond motifs is 1. The van der Waals surface area contributed by atoms with E-state index < -0.39 is 0 Å². The molecule has 154 valence electrons. The van der Waals surface area contributed by atoms with Gasteiger partial charge in [0.15, 0.2) is 11.5 Å². The Balaban J connectivity index is 1.58. The summed E-state index contributed by atoms with van der Waals surface area (Å²) in [4.78, 5) is 13.2. The first-order valence-electron chi connectivity index (χ1n) is 9.97. The smallest absolute Gasteiger partial charge is 0.227 e. The van der Waals surface area contributed by atoms with E-state index in [1.165, 1.54) is 0 Å². The fourth-order valence-electron chi connectivity index (χ4n) is 3.81. The van der Waals surface area contributed by atoms with Crippen molar-refractivity contribution in [3.63, 3.8) is 0 Å². The van der Waals surface area contributed by atoms with Gasteiger partial charge in [-0.15, -0.1) is 0 Å². The van der Waals surface area contributed by atoms with Gasteiger partial charge in [-0.25, -0.2) is 0 Å². The molecule has 1 N–H and O–H groups in total. The topological polar surface area (TPSA) is 56.8 Å². The zero-order chi connectivity index (χ0) is 20.9. The summed E-state index contributed by atoms with van der Waals surface area (Å²) in [6, 6.07) is 23.2. The Morgan fingerprint density at radius 1 is 0.967 bits per heavy atom. The van der Waals surface area contributed by atoms with E-state index in [1.54, 1.807) is 14.2 Å². The largest absolute Gasteiger partial charge is 0.497 e. The number of hydrogen-bond acceptors (Lipinski definition) is 4. The first kappa shape index (κ1) is 19.8. The molecule has 0 unspecified atom stereocenters. The number of benzene rings is 3. The lowest BCUT2D eigenvalue weighted by Gasteiger charge is -2.28. The molecule has 1 aliphatic rings. The van der Waals surface area contributed by atoms with Crippen LogP contribution in [0.1, 0.15) is 22.7 Å². The predicted octanol–water partition coefficient (Wildman–Crippen LogP) is 4.16. The molecule has 1 amide bonds. The van der Waals surface area contributed by atoms with Gasteiger partial charge in [0.1, 0.15) is 12.4 Å². The molecule has 1 heterocycles. The summed E-state index contributed by atoms with van der Waals surface area (Å²) in [5.74, 6) is 1.87. The first-order chi connectivity index (χ1) is 14.7. The Bertz CT molecular complexity index is 1020. The van der Waals surface area contributed by atoms with Crippen LogP contribution in [0.3, 0.4) is 0 Å². The van der Waals surface area contributed by atoms with Crippen LogP contribution in [0.2, 0.25) is 0 Å². The maximum absolute atomic E-state index is 13.2. The summed E-state index contributed by atoms with van der Waals surface area (Å²) in [6.45, 7) is 0.318. The Hall–Kier alpha value is -3.47. The molecule has 0 aliphatic carbocycles. The molecule has 4 rings (SSSR count). The minimum Gasteiger partial charge on any atom is -0.497 e. The van der Waals surface area contributed by atoms with Crippen LogP contribution in [0.25, 0.3) is 0 Å². The van der Waals surface area contributed by atoms with E-state index in [4.69, 9.17) is 14.2 Å². The van der Waals surface area contributed by atoms with Gasteiger partial charge in [-0.2, -0.15) is 0 Å². The molecular formula is C25H25NO4. The number of para-hydroxylation sites is 1. The van der Waals surface area contributed by atoms with Crippen LogP contribution in [0.15, 0.2) is 72.8 Å². The quantitative estimate of drug-likeness (QED) is 0.671. The van der Waals surface area contributed by atoms with Crippen LogP contribution >= 0.6 is 0 Å². The fourth-order valence-corrected chi connectivity index (χ4v) is 3.81. The molecule has 5 nitrogen and oxygen atoms in total. The van der Waals surface area contributed by atoms with Crippen molar-refractivity contribution in [3.8, 4) is 17.2 Å². The minimum absolute atomic E-state index is 0.0415. The minimum atomic E-state index is -0.277. The van der Waals surface area contributed by atoms with Crippen molar-refractivity contribution in [2.45, 2.75) is 12.5 Å². The van der Waals surface area contributed by atoms with Crippen LogP contribution in [0.4, 0.5) is 0 Å². The van der Waals surface area contributed by atoms with Crippen LogP contribution in [-0.2, 0) is 11.2 Å². The van der Waals surface area contributed by atoms with E-state index in [2.05, 4.69) is 5.32 Å². The highest BCUT2D eigenvalue weighted by molar-refractivity contribution is 5.80.